The molecule has 1 amide bonds. The van der Waals surface area contributed by atoms with Gasteiger partial charge in [0, 0.05) is 18.0 Å². The lowest BCUT2D eigenvalue weighted by atomic mass is 10.1. The summed E-state index contributed by atoms with van der Waals surface area (Å²) in [4.78, 5) is 16.8. The van der Waals surface area contributed by atoms with Gasteiger partial charge in [-0.15, -0.1) is 0 Å². The van der Waals surface area contributed by atoms with Gasteiger partial charge < -0.3 is 25.0 Å². The van der Waals surface area contributed by atoms with Crippen molar-refractivity contribution < 1.29 is 42.0 Å². The number of ether oxygens (including phenoxy) is 2. The fourth-order valence-electron chi connectivity index (χ4n) is 2.82. The Labute approximate surface area is 191 Å². The van der Waals surface area contributed by atoms with Crippen molar-refractivity contribution in [3.05, 3.63) is 77.2 Å². The van der Waals surface area contributed by atoms with Crippen LogP contribution < -0.4 is 14.8 Å². The number of benzene rings is 2. The van der Waals surface area contributed by atoms with Gasteiger partial charge in [-0.1, -0.05) is 0 Å². The fourth-order valence-corrected chi connectivity index (χ4v) is 2.82. The molecule has 0 aliphatic heterocycles. The molecule has 0 radical (unpaired) electrons. The molecular formula is C23H20F4N2O5. The molecule has 11 heteroatoms. The number of carbonyl (C=O) groups excluding carboxylic acids is 1. The van der Waals surface area contributed by atoms with E-state index in [9.17, 15) is 27.5 Å². The van der Waals surface area contributed by atoms with Crippen LogP contribution in [0.5, 0.6) is 17.4 Å². The smallest absolute Gasteiger partial charge is 0.416 e. The number of aliphatic hydroxyl groups is 2. The van der Waals surface area contributed by atoms with E-state index in [-0.39, 0.29) is 29.7 Å². The van der Waals surface area contributed by atoms with E-state index in [0.717, 1.165) is 18.2 Å². The van der Waals surface area contributed by atoms with Crippen LogP contribution in [0.2, 0.25) is 0 Å². The van der Waals surface area contributed by atoms with Crippen LogP contribution >= 0.6 is 0 Å². The molecule has 1 atom stereocenters. The van der Waals surface area contributed by atoms with Crippen LogP contribution in [0.15, 0.2) is 54.7 Å². The second-order valence-electron chi connectivity index (χ2n) is 7.20. The molecule has 3 aromatic rings. The molecule has 0 aliphatic rings. The molecule has 7 nitrogen and oxygen atoms in total. The lowest BCUT2D eigenvalue weighted by Crippen LogP contribution is -2.21. The van der Waals surface area contributed by atoms with Crippen molar-refractivity contribution in [2.75, 3.05) is 18.5 Å². The first-order valence-electron chi connectivity index (χ1n) is 9.91. The third kappa shape index (κ3) is 6.42. The zero-order chi connectivity index (χ0) is 24.9. The maximum atomic E-state index is 13.4. The molecule has 0 saturated heterocycles. The molecular weight excluding hydrogens is 460 g/mol. The molecule has 0 bridgehead atoms. The van der Waals surface area contributed by atoms with Crippen molar-refractivity contribution in [1.29, 1.82) is 0 Å². The Morgan fingerprint density at radius 3 is 2.53 bits per heavy atom. The summed E-state index contributed by atoms with van der Waals surface area (Å²) in [7, 11) is 0. The van der Waals surface area contributed by atoms with Gasteiger partial charge in [-0.25, -0.2) is 9.37 Å². The summed E-state index contributed by atoms with van der Waals surface area (Å²) in [5.41, 5.74) is -0.937. The van der Waals surface area contributed by atoms with Gasteiger partial charge >= 0.3 is 6.18 Å². The summed E-state index contributed by atoms with van der Waals surface area (Å²) >= 11 is 0. The standard InChI is InChI=1S/C23H20F4N2O5/c1-13-8-15(24)3-5-19(13)34-20-4-2-14(23(25,26)27)9-18(20)22(32)29-16-6-7-28-21(10-16)33-12-17(31)11-30/h2-10,17,30-31H,11-12H2,1H3,(H,28,29,32)/t17-/m1/s1. The highest BCUT2D eigenvalue weighted by Crippen LogP contribution is 2.35. The molecule has 180 valence electrons. The minimum absolute atomic E-state index is 0.00718. The average molecular weight is 480 g/mol. The van der Waals surface area contributed by atoms with Crippen LogP contribution in [0.25, 0.3) is 0 Å². The van der Waals surface area contributed by atoms with Gasteiger partial charge in [0.25, 0.3) is 5.91 Å². The molecule has 0 aliphatic carbocycles. The molecule has 0 fully saturated rings. The molecule has 1 aromatic heterocycles. The van der Waals surface area contributed by atoms with E-state index in [0.29, 0.717) is 11.6 Å². The van der Waals surface area contributed by atoms with Gasteiger partial charge in [0.1, 0.15) is 30.0 Å². The first kappa shape index (κ1) is 24.9. The minimum atomic E-state index is -4.70. The zero-order valence-corrected chi connectivity index (χ0v) is 17.8. The highest BCUT2D eigenvalue weighted by molar-refractivity contribution is 6.06. The number of rotatable bonds is 8. The number of nitrogens with one attached hydrogen (secondary N) is 1. The van der Waals surface area contributed by atoms with Gasteiger partial charge in [0.2, 0.25) is 5.88 Å². The zero-order valence-electron chi connectivity index (χ0n) is 17.8. The first-order valence-corrected chi connectivity index (χ1v) is 9.91. The summed E-state index contributed by atoms with van der Waals surface area (Å²) in [6, 6.07) is 8.72. The van der Waals surface area contributed by atoms with Gasteiger partial charge in [0.05, 0.1) is 17.7 Å². The van der Waals surface area contributed by atoms with Crippen molar-refractivity contribution in [2.24, 2.45) is 0 Å². The number of aliphatic hydroxyl groups excluding tert-OH is 2. The van der Waals surface area contributed by atoms with Gasteiger partial charge in [-0.2, -0.15) is 13.2 Å². The Balaban J connectivity index is 1.89. The van der Waals surface area contributed by atoms with E-state index in [4.69, 9.17) is 14.6 Å². The number of pyridine rings is 1. The highest BCUT2D eigenvalue weighted by Gasteiger charge is 2.32. The van der Waals surface area contributed by atoms with Crippen LogP contribution in [-0.2, 0) is 6.18 Å². The van der Waals surface area contributed by atoms with Gasteiger partial charge in [0.15, 0.2) is 0 Å². The Morgan fingerprint density at radius 2 is 1.85 bits per heavy atom. The topological polar surface area (TPSA) is 101 Å². The van der Waals surface area contributed by atoms with Crippen molar-refractivity contribution in [3.8, 4) is 17.4 Å². The lowest BCUT2D eigenvalue weighted by Gasteiger charge is -2.16. The number of halogens is 4. The van der Waals surface area contributed by atoms with E-state index in [1.165, 1.54) is 30.5 Å². The number of hydrogen-bond acceptors (Lipinski definition) is 6. The van der Waals surface area contributed by atoms with Crippen molar-refractivity contribution in [2.45, 2.75) is 19.2 Å². The maximum absolute atomic E-state index is 13.4. The van der Waals surface area contributed by atoms with E-state index in [1.54, 1.807) is 6.92 Å². The number of aromatic nitrogens is 1. The average Bonchev–Trinajstić information content (AvgIpc) is 2.79. The normalized spacial score (nSPS) is 12.2. The number of aryl methyl sites for hydroxylation is 1. The van der Waals surface area contributed by atoms with E-state index < -0.39 is 41.7 Å². The monoisotopic (exact) mass is 480 g/mol. The molecule has 3 rings (SSSR count). The SMILES string of the molecule is Cc1cc(F)ccc1Oc1ccc(C(F)(F)F)cc1C(=O)Nc1ccnc(OC[C@H](O)CO)c1. The second-order valence-corrected chi connectivity index (χ2v) is 7.20. The molecule has 1 heterocycles. The van der Waals surface area contributed by atoms with Crippen LogP contribution in [0, 0.1) is 12.7 Å². The largest absolute Gasteiger partial charge is 0.475 e. The van der Waals surface area contributed by atoms with Crippen LogP contribution in [0.1, 0.15) is 21.5 Å². The number of nitrogens with zero attached hydrogens (tertiary/aromatic N) is 1. The number of anilines is 1. The Hall–Kier alpha value is -3.70. The maximum Gasteiger partial charge on any atom is 0.416 e. The summed E-state index contributed by atoms with van der Waals surface area (Å²) in [6.45, 7) is 0.764. The molecule has 2 aromatic carbocycles. The van der Waals surface area contributed by atoms with Crippen LogP contribution in [-0.4, -0.2) is 40.4 Å². The fraction of sp³-hybridized carbons (Fsp3) is 0.217. The summed E-state index contributed by atoms with van der Waals surface area (Å²) in [5, 5.41) is 20.6. The third-order valence-electron chi connectivity index (χ3n) is 4.54. The summed E-state index contributed by atoms with van der Waals surface area (Å²) < 4.78 is 64.1. The van der Waals surface area contributed by atoms with Gasteiger partial charge in [-0.05, 0) is 55.0 Å². The van der Waals surface area contributed by atoms with Crippen molar-refractivity contribution >= 4 is 11.6 Å². The van der Waals surface area contributed by atoms with E-state index in [1.807, 2.05) is 0 Å². The predicted molar refractivity (Wildman–Crippen MR) is 113 cm³/mol. The molecule has 0 spiro atoms. The van der Waals surface area contributed by atoms with E-state index >= 15 is 0 Å². The quantitative estimate of drug-likeness (QED) is 0.415. The molecule has 34 heavy (non-hydrogen) atoms. The minimum Gasteiger partial charge on any atom is -0.475 e. The van der Waals surface area contributed by atoms with Crippen molar-refractivity contribution in [1.82, 2.24) is 4.98 Å². The molecule has 0 saturated carbocycles. The van der Waals surface area contributed by atoms with Crippen LogP contribution in [0.4, 0.5) is 23.2 Å². The third-order valence-corrected chi connectivity index (χ3v) is 4.54. The van der Waals surface area contributed by atoms with Gasteiger partial charge in [-0.3, -0.25) is 4.79 Å². The lowest BCUT2D eigenvalue weighted by molar-refractivity contribution is -0.137. The molecule has 0 unspecified atom stereocenters. The number of alkyl halides is 3. The number of amides is 1. The Morgan fingerprint density at radius 1 is 1.12 bits per heavy atom. The highest BCUT2D eigenvalue weighted by atomic mass is 19.4. The second kappa shape index (κ2) is 10.5. The Kier molecular flexibility index (Phi) is 7.69. The summed E-state index contributed by atoms with van der Waals surface area (Å²) in [6.07, 6.45) is -4.56. The van der Waals surface area contributed by atoms with Crippen LogP contribution in [0.3, 0.4) is 0 Å². The first-order chi connectivity index (χ1) is 16.1. The molecule has 3 N–H and O–H groups in total. The van der Waals surface area contributed by atoms with E-state index in [2.05, 4.69) is 10.3 Å². The number of carbonyl (C=O) groups is 1. The Bertz CT molecular complexity index is 1170. The predicted octanol–water partition coefficient (Wildman–Crippen LogP) is 4.32. The number of hydrogen-bond donors (Lipinski definition) is 3. The van der Waals surface area contributed by atoms with Crippen molar-refractivity contribution in [3.63, 3.8) is 0 Å². The summed E-state index contributed by atoms with van der Waals surface area (Å²) in [5.74, 6) is -1.42.